The quantitative estimate of drug-likeness (QED) is 0.734. The highest BCUT2D eigenvalue weighted by atomic mass is 16.2. The molecule has 2 heterocycles. The third kappa shape index (κ3) is 2.76. The Kier molecular flexibility index (Phi) is 3.53. The molecule has 0 bridgehead atoms. The molecule has 0 aromatic heterocycles. The summed E-state index contributed by atoms with van der Waals surface area (Å²) in [6, 6.07) is 0. The maximum Gasteiger partial charge on any atom is 0.226 e. The van der Waals surface area contributed by atoms with Crippen molar-refractivity contribution in [3.8, 4) is 0 Å². The molecule has 2 fully saturated rings. The Morgan fingerprint density at radius 2 is 2.00 bits per heavy atom. The molecule has 92 valence electrons. The van der Waals surface area contributed by atoms with Gasteiger partial charge in [-0.25, -0.2) is 0 Å². The predicted molar refractivity (Wildman–Crippen MR) is 65.2 cm³/mol. The SMILES string of the molecule is CC1(C)CCN(C(=O)C2CCCNC2)CC1. The Labute approximate surface area is 98.6 Å². The second kappa shape index (κ2) is 4.74. The number of amides is 1. The van der Waals surface area contributed by atoms with Crippen LogP contribution in [0, 0.1) is 11.3 Å². The average molecular weight is 224 g/mol. The molecule has 3 nitrogen and oxygen atoms in total. The van der Waals surface area contributed by atoms with Crippen LogP contribution in [0.2, 0.25) is 0 Å². The van der Waals surface area contributed by atoms with E-state index in [9.17, 15) is 4.79 Å². The molecule has 2 aliphatic rings. The summed E-state index contributed by atoms with van der Waals surface area (Å²) in [5.41, 5.74) is 0.432. The zero-order valence-electron chi connectivity index (χ0n) is 10.6. The van der Waals surface area contributed by atoms with Crippen LogP contribution in [0.25, 0.3) is 0 Å². The molecule has 2 aliphatic heterocycles. The Balaban J connectivity index is 1.86. The van der Waals surface area contributed by atoms with Gasteiger partial charge in [0.1, 0.15) is 0 Å². The number of piperidine rings is 2. The summed E-state index contributed by atoms with van der Waals surface area (Å²) in [5.74, 6) is 0.637. The van der Waals surface area contributed by atoms with Gasteiger partial charge < -0.3 is 10.2 Å². The van der Waals surface area contributed by atoms with E-state index in [1.165, 1.54) is 0 Å². The van der Waals surface area contributed by atoms with Gasteiger partial charge in [-0.15, -0.1) is 0 Å². The minimum atomic E-state index is 0.245. The van der Waals surface area contributed by atoms with E-state index < -0.39 is 0 Å². The van der Waals surface area contributed by atoms with Crippen LogP contribution in [-0.2, 0) is 4.79 Å². The Bertz CT molecular complexity index is 247. The molecule has 2 rings (SSSR count). The number of hydrogen-bond donors (Lipinski definition) is 1. The molecule has 1 atom stereocenters. The van der Waals surface area contributed by atoms with Crippen LogP contribution in [-0.4, -0.2) is 37.0 Å². The van der Waals surface area contributed by atoms with E-state index in [0.717, 1.165) is 51.9 Å². The first kappa shape index (κ1) is 11.9. The zero-order valence-corrected chi connectivity index (χ0v) is 10.6. The molecule has 16 heavy (non-hydrogen) atoms. The smallest absolute Gasteiger partial charge is 0.226 e. The van der Waals surface area contributed by atoms with Gasteiger partial charge in [0.25, 0.3) is 0 Å². The molecule has 0 aromatic carbocycles. The summed E-state index contributed by atoms with van der Waals surface area (Å²) in [5, 5.41) is 3.32. The highest BCUT2D eigenvalue weighted by Crippen LogP contribution is 2.30. The van der Waals surface area contributed by atoms with E-state index in [1.807, 2.05) is 0 Å². The van der Waals surface area contributed by atoms with Crippen LogP contribution in [0.4, 0.5) is 0 Å². The van der Waals surface area contributed by atoms with Crippen molar-refractivity contribution in [2.75, 3.05) is 26.2 Å². The van der Waals surface area contributed by atoms with Crippen molar-refractivity contribution in [3.63, 3.8) is 0 Å². The fourth-order valence-electron chi connectivity index (χ4n) is 2.65. The normalized spacial score (nSPS) is 30.1. The van der Waals surface area contributed by atoms with Crippen LogP contribution in [0.1, 0.15) is 39.5 Å². The fourth-order valence-corrected chi connectivity index (χ4v) is 2.65. The minimum absolute atomic E-state index is 0.245. The molecular weight excluding hydrogens is 200 g/mol. The lowest BCUT2D eigenvalue weighted by Gasteiger charge is -2.39. The molecule has 1 unspecified atom stereocenters. The maximum absolute atomic E-state index is 12.3. The van der Waals surface area contributed by atoms with Gasteiger partial charge in [0.15, 0.2) is 0 Å². The third-order valence-electron chi connectivity index (χ3n) is 4.07. The summed E-state index contributed by atoms with van der Waals surface area (Å²) in [7, 11) is 0. The van der Waals surface area contributed by atoms with Gasteiger partial charge in [-0.1, -0.05) is 13.8 Å². The number of carbonyl (C=O) groups excluding carboxylic acids is 1. The predicted octanol–water partition coefficient (Wildman–Crippen LogP) is 1.63. The average Bonchev–Trinajstić information content (AvgIpc) is 2.29. The van der Waals surface area contributed by atoms with E-state index in [1.54, 1.807) is 0 Å². The van der Waals surface area contributed by atoms with Crippen LogP contribution in [0.3, 0.4) is 0 Å². The Hall–Kier alpha value is -0.570. The fraction of sp³-hybridized carbons (Fsp3) is 0.923. The second-order valence-electron chi connectivity index (χ2n) is 6.03. The van der Waals surface area contributed by atoms with Crippen molar-refractivity contribution in [2.45, 2.75) is 39.5 Å². The zero-order chi connectivity index (χ0) is 11.6. The van der Waals surface area contributed by atoms with Gasteiger partial charge in [0, 0.05) is 19.6 Å². The molecule has 0 saturated carbocycles. The van der Waals surface area contributed by atoms with Gasteiger partial charge in [-0.3, -0.25) is 4.79 Å². The number of hydrogen-bond acceptors (Lipinski definition) is 2. The standard InChI is InChI=1S/C13H24N2O/c1-13(2)5-8-15(9-6-13)12(16)11-4-3-7-14-10-11/h11,14H,3-10H2,1-2H3. The lowest BCUT2D eigenvalue weighted by atomic mass is 9.82. The molecule has 0 spiro atoms. The molecular formula is C13H24N2O. The number of carbonyl (C=O) groups is 1. The first-order valence-electron chi connectivity index (χ1n) is 6.58. The van der Waals surface area contributed by atoms with E-state index >= 15 is 0 Å². The lowest BCUT2D eigenvalue weighted by molar-refractivity contribution is -0.138. The first-order valence-corrected chi connectivity index (χ1v) is 6.58. The van der Waals surface area contributed by atoms with E-state index in [0.29, 0.717) is 11.3 Å². The molecule has 2 saturated heterocycles. The van der Waals surface area contributed by atoms with E-state index in [2.05, 4.69) is 24.1 Å². The van der Waals surface area contributed by atoms with E-state index in [-0.39, 0.29) is 5.92 Å². The van der Waals surface area contributed by atoms with Gasteiger partial charge >= 0.3 is 0 Å². The molecule has 1 N–H and O–H groups in total. The largest absolute Gasteiger partial charge is 0.342 e. The molecule has 0 radical (unpaired) electrons. The molecule has 3 heteroatoms. The Morgan fingerprint density at radius 1 is 1.31 bits per heavy atom. The van der Waals surface area contributed by atoms with Crippen molar-refractivity contribution in [3.05, 3.63) is 0 Å². The minimum Gasteiger partial charge on any atom is -0.342 e. The van der Waals surface area contributed by atoms with Crippen molar-refractivity contribution in [1.29, 1.82) is 0 Å². The summed E-state index contributed by atoms with van der Waals surface area (Å²) >= 11 is 0. The number of nitrogens with one attached hydrogen (secondary N) is 1. The van der Waals surface area contributed by atoms with E-state index in [4.69, 9.17) is 0 Å². The maximum atomic E-state index is 12.3. The monoisotopic (exact) mass is 224 g/mol. The summed E-state index contributed by atoms with van der Waals surface area (Å²) in [6.45, 7) is 8.49. The highest BCUT2D eigenvalue weighted by molar-refractivity contribution is 5.79. The topological polar surface area (TPSA) is 32.3 Å². The van der Waals surface area contributed by atoms with Gasteiger partial charge in [-0.05, 0) is 37.6 Å². The van der Waals surface area contributed by atoms with Crippen molar-refractivity contribution < 1.29 is 4.79 Å². The Morgan fingerprint density at radius 3 is 2.56 bits per heavy atom. The lowest BCUT2D eigenvalue weighted by Crippen LogP contribution is -2.47. The summed E-state index contributed by atoms with van der Waals surface area (Å²) in [6.07, 6.45) is 4.53. The molecule has 1 amide bonds. The summed E-state index contributed by atoms with van der Waals surface area (Å²) in [4.78, 5) is 14.3. The van der Waals surface area contributed by atoms with Crippen LogP contribution in [0.5, 0.6) is 0 Å². The molecule has 0 aliphatic carbocycles. The highest BCUT2D eigenvalue weighted by Gasteiger charge is 2.31. The molecule has 0 aromatic rings. The number of rotatable bonds is 1. The third-order valence-corrected chi connectivity index (χ3v) is 4.07. The number of nitrogens with zero attached hydrogens (tertiary/aromatic N) is 1. The van der Waals surface area contributed by atoms with Crippen molar-refractivity contribution in [2.24, 2.45) is 11.3 Å². The van der Waals surface area contributed by atoms with Gasteiger partial charge in [0.05, 0.1) is 5.92 Å². The van der Waals surface area contributed by atoms with Crippen molar-refractivity contribution in [1.82, 2.24) is 10.2 Å². The van der Waals surface area contributed by atoms with Crippen molar-refractivity contribution >= 4 is 5.91 Å². The number of likely N-dealkylation sites (tertiary alicyclic amines) is 1. The van der Waals surface area contributed by atoms with Gasteiger partial charge in [-0.2, -0.15) is 0 Å². The van der Waals surface area contributed by atoms with Crippen LogP contribution < -0.4 is 5.32 Å². The van der Waals surface area contributed by atoms with Crippen LogP contribution in [0.15, 0.2) is 0 Å². The van der Waals surface area contributed by atoms with Gasteiger partial charge in [0.2, 0.25) is 5.91 Å². The first-order chi connectivity index (χ1) is 7.58. The summed E-state index contributed by atoms with van der Waals surface area (Å²) < 4.78 is 0. The van der Waals surface area contributed by atoms with Crippen LogP contribution >= 0.6 is 0 Å². The second-order valence-corrected chi connectivity index (χ2v) is 6.03.